The highest BCUT2D eigenvalue weighted by Crippen LogP contribution is 2.48. The Balaban J connectivity index is 1.73. The topological polar surface area (TPSA) is 46.5 Å². The van der Waals surface area contributed by atoms with Crippen LogP contribution in [0.4, 0.5) is 0 Å². The van der Waals surface area contributed by atoms with Gasteiger partial charge in [-0.25, -0.2) is 0 Å². The Labute approximate surface area is 138 Å². The molecule has 2 atom stereocenters. The van der Waals surface area contributed by atoms with Gasteiger partial charge in [0.1, 0.15) is 0 Å². The number of esters is 1. The predicted octanol–water partition coefficient (Wildman–Crippen LogP) is 3.86. The van der Waals surface area contributed by atoms with E-state index in [1.165, 1.54) is 16.7 Å². The number of ether oxygens (including phenoxy) is 1. The Morgan fingerprint density at radius 3 is 2.91 bits per heavy atom. The molecule has 3 nitrogen and oxygen atoms in total. The van der Waals surface area contributed by atoms with Gasteiger partial charge in [-0.1, -0.05) is 30.4 Å². The molecule has 0 spiro atoms. The van der Waals surface area contributed by atoms with Gasteiger partial charge in [-0.15, -0.1) is 0 Å². The lowest BCUT2D eigenvalue weighted by atomic mass is 9.81. The van der Waals surface area contributed by atoms with Crippen LogP contribution in [0.3, 0.4) is 0 Å². The molecule has 0 bridgehead atoms. The maximum atomic E-state index is 12.0. The van der Waals surface area contributed by atoms with Gasteiger partial charge in [0.25, 0.3) is 0 Å². The second kappa shape index (κ2) is 6.48. The number of aliphatic hydroxyl groups excluding tert-OH is 1. The van der Waals surface area contributed by atoms with Gasteiger partial charge in [0, 0.05) is 5.92 Å². The Bertz CT molecular complexity index is 600. The average Bonchev–Trinajstić information content (AvgIpc) is 3.33. The van der Waals surface area contributed by atoms with Crippen LogP contribution < -0.4 is 0 Å². The molecule has 3 aliphatic carbocycles. The van der Waals surface area contributed by atoms with E-state index in [-0.39, 0.29) is 23.4 Å². The van der Waals surface area contributed by atoms with E-state index in [0.29, 0.717) is 6.61 Å². The number of hydrogen-bond donors (Lipinski definition) is 1. The zero-order valence-corrected chi connectivity index (χ0v) is 14.0. The number of rotatable bonds is 5. The summed E-state index contributed by atoms with van der Waals surface area (Å²) in [7, 11) is 0. The van der Waals surface area contributed by atoms with Crippen LogP contribution in [0, 0.1) is 11.3 Å². The zero-order valence-electron chi connectivity index (χ0n) is 14.0. The molecule has 1 saturated carbocycles. The molecule has 0 amide bonds. The molecule has 1 N–H and O–H groups in total. The van der Waals surface area contributed by atoms with Crippen molar-refractivity contribution in [2.24, 2.45) is 11.3 Å². The van der Waals surface area contributed by atoms with Gasteiger partial charge >= 0.3 is 5.97 Å². The van der Waals surface area contributed by atoms with Crippen LogP contribution in [0.2, 0.25) is 0 Å². The molecule has 3 rings (SSSR count). The number of allylic oxidation sites excluding steroid dienone is 6. The third-order valence-electron chi connectivity index (χ3n) is 5.13. The van der Waals surface area contributed by atoms with Crippen molar-refractivity contribution in [3.63, 3.8) is 0 Å². The van der Waals surface area contributed by atoms with Gasteiger partial charge in [0.15, 0.2) is 0 Å². The highest BCUT2D eigenvalue weighted by Gasteiger charge is 2.49. The maximum absolute atomic E-state index is 12.0. The quantitative estimate of drug-likeness (QED) is 0.784. The molecule has 0 radical (unpaired) electrons. The van der Waals surface area contributed by atoms with E-state index in [1.807, 2.05) is 19.9 Å². The van der Waals surface area contributed by atoms with Crippen molar-refractivity contribution in [2.75, 3.05) is 6.61 Å². The monoisotopic (exact) mass is 314 g/mol. The molecule has 0 heterocycles. The maximum Gasteiger partial charge on any atom is 0.315 e. The SMILES string of the molecule is CCOC(=O)C1(/C=C/C2=CC3=CC([C@@H](C)O)CC=C3CC2)CC1. The zero-order chi connectivity index (χ0) is 16.4. The largest absolute Gasteiger partial charge is 0.465 e. The van der Waals surface area contributed by atoms with E-state index < -0.39 is 0 Å². The number of carbonyl (C=O) groups is 1. The molecular formula is C20H26O3. The van der Waals surface area contributed by atoms with E-state index in [9.17, 15) is 9.90 Å². The third kappa shape index (κ3) is 3.50. The predicted molar refractivity (Wildman–Crippen MR) is 90.7 cm³/mol. The van der Waals surface area contributed by atoms with Crippen molar-refractivity contribution in [2.45, 2.75) is 52.1 Å². The Morgan fingerprint density at radius 1 is 1.48 bits per heavy atom. The molecule has 0 aromatic carbocycles. The minimum atomic E-state index is -0.365. The van der Waals surface area contributed by atoms with Crippen LogP contribution in [-0.2, 0) is 9.53 Å². The molecule has 1 fully saturated rings. The summed E-state index contributed by atoms with van der Waals surface area (Å²) in [6.07, 6.45) is 15.3. The van der Waals surface area contributed by atoms with Crippen molar-refractivity contribution < 1.29 is 14.6 Å². The molecule has 0 aromatic heterocycles. The molecule has 0 aliphatic heterocycles. The molecule has 3 heteroatoms. The first-order valence-corrected chi connectivity index (χ1v) is 8.70. The number of fused-ring (bicyclic) bond motifs is 1. The number of aliphatic hydroxyl groups is 1. The number of carbonyl (C=O) groups excluding carboxylic acids is 1. The molecule has 0 aromatic rings. The van der Waals surface area contributed by atoms with E-state index >= 15 is 0 Å². The summed E-state index contributed by atoms with van der Waals surface area (Å²) in [5.41, 5.74) is 3.53. The summed E-state index contributed by atoms with van der Waals surface area (Å²) < 4.78 is 5.18. The lowest BCUT2D eigenvalue weighted by molar-refractivity contribution is -0.147. The highest BCUT2D eigenvalue weighted by molar-refractivity contribution is 5.82. The van der Waals surface area contributed by atoms with Crippen LogP contribution in [0.5, 0.6) is 0 Å². The van der Waals surface area contributed by atoms with Gasteiger partial charge in [-0.3, -0.25) is 4.79 Å². The molecule has 3 aliphatic rings. The molecule has 23 heavy (non-hydrogen) atoms. The van der Waals surface area contributed by atoms with Gasteiger partial charge in [-0.05, 0) is 62.7 Å². The first-order valence-electron chi connectivity index (χ1n) is 8.70. The Hall–Kier alpha value is -1.61. The highest BCUT2D eigenvalue weighted by atomic mass is 16.5. The van der Waals surface area contributed by atoms with Gasteiger partial charge in [0.05, 0.1) is 18.1 Å². The third-order valence-corrected chi connectivity index (χ3v) is 5.13. The van der Waals surface area contributed by atoms with E-state index in [4.69, 9.17) is 4.74 Å². The lowest BCUT2D eigenvalue weighted by Gasteiger charge is -2.25. The fraction of sp³-hybridized carbons (Fsp3) is 0.550. The summed E-state index contributed by atoms with van der Waals surface area (Å²) in [6, 6.07) is 0. The van der Waals surface area contributed by atoms with E-state index in [2.05, 4.69) is 24.3 Å². The first-order chi connectivity index (χ1) is 11.0. The molecular weight excluding hydrogens is 288 g/mol. The van der Waals surface area contributed by atoms with Gasteiger partial charge in [-0.2, -0.15) is 0 Å². The summed E-state index contributed by atoms with van der Waals surface area (Å²) in [5, 5.41) is 9.80. The summed E-state index contributed by atoms with van der Waals surface area (Å²) in [4.78, 5) is 12.0. The van der Waals surface area contributed by atoms with Crippen molar-refractivity contribution in [1.82, 2.24) is 0 Å². The van der Waals surface area contributed by atoms with E-state index in [0.717, 1.165) is 32.1 Å². The molecule has 1 unspecified atom stereocenters. The fourth-order valence-corrected chi connectivity index (χ4v) is 3.32. The van der Waals surface area contributed by atoms with Crippen LogP contribution >= 0.6 is 0 Å². The standard InChI is InChI=1S/C20H26O3/c1-3-23-19(22)20(10-11-20)9-8-15-4-5-16-6-7-17(14(2)21)13-18(16)12-15/h6,8-9,12-14,17,21H,3-5,7,10-11H2,1-2H3/b9-8+/t14-,17?/m1/s1. The second-order valence-corrected chi connectivity index (χ2v) is 6.92. The van der Waals surface area contributed by atoms with E-state index in [1.54, 1.807) is 0 Å². The van der Waals surface area contributed by atoms with Crippen LogP contribution in [-0.4, -0.2) is 23.8 Å². The van der Waals surface area contributed by atoms with Gasteiger partial charge < -0.3 is 9.84 Å². The summed E-state index contributed by atoms with van der Waals surface area (Å²) in [5.74, 6) is 0.127. The average molecular weight is 314 g/mol. The Morgan fingerprint density at radius 2 is 2.26 bits per heavy atom. The van der Waals surface area contributed by atoms with Crippen molar-refractivity contribution in [1.29, 1.82) is 0 Å². The normalized spacial score (nSPS) is 26.7. The first kappa shape index (κ1) is 16.3. The van der Waals surface area contributed by atoms with Crippen molar-refractivity contribution in [3.8, 4) is 0 Å². The molecule has 0 saturated heterocycles. The minimum Gasteiger partial charge on any atom is -0.465 e. The van der Waals surface area contributed by atoms with Crippen LogP contribution in [0.25, 0.3) is 0 Å². The fourth-order valence-electron chi connectivity index (χ4n) is 3.32. The van der Waals surface area contributed by atoms with Crippen molar-refractivity contribution >= 4 is 5.97 Å². The summed E-state index contributed by atoms with van der Waals surface area (Å²) >= 11 is 0. The lowest BCUT2D eigenvalue weighted by Crippen LogP contribution is -2.18. The van der Waals surface area contributed by atoms with Gasteiger partial charge in [0.2, 0.25) is 0 Å². The van der Waals surface area contributed by atoms with Crippen molar-refractivity contribution in [3.05, 3.63) is 47.1 Å². The van der Waals surface area contributed by atoms with Crippen LogP contribution in [0.1, 0.15) is 46.0 Å². The van der Waals surface area contributed by atoms with Crippen LogP contribution in [0.15, 0.2) is 47.1 Å². The minimum absolute atomic E-state index is 0.0840. The Kier molecular flexibility index (Phi) is 4.58. The smallest absolute Gasteiger partial charge is 0.315 e. The summed E-state index contributed by atoms with van der Waals surface area (Å²) in [6.45, 7) is 4.15. The molecule has 124 valence electrons. The number of hydrogen-bond acceptors (Lipinski definition) is 3. The second-order valence-electron chi connectivity index (χ2n) is 6.92.